The van der Waals surface area contributed by atoms with Crippen molar-refractivity contribution in [2.45, 2.75) is 115 Å². The highest BCUT2D eigenvalue weighted by atomic mass is 16.7. The summed E-state index contributed by atoms with van der Waals surface area (Å²) in [6, 6.07) is 15.4. The van der Waals surface area contributed by atoms with Crippen molar-refractivity contribution in [1.29, 1.82) is 0 Å². The lowest BCUT2D eigenvalue weighted by atomic mass is 9.57. The van der Waals surface area contributed by atoms with Crippen LogP contribution in [0.1, 0.15) is 107 Å². The number of nitrogens with one attached hydrogen (secondary N) is 2. The summed E-state index contributed by atoms with van der Waals surface area (Å²) >= 11 is 0. The molecule has 2 N–H and O–H groups in total. The summed E-state index contributed by atoms with van der Waals surface area (Å²) in [6.07, 6.45) is 9.55. The largest absolute Gasteiger partial charge is 0.497 e. The Hall–Kier alpha value is -2.84. The Balaban J connectivity index is 1.16. The molecule has 0 aromatic heterocycles. The first kappa shape index (κ1) is 31.2. The topological polar surface area (TPSA) is 85.9 Å². The monoisotopic (exact) mass is 600 g/mol. The number of amides is 2. The van der Waals surface area contributed by atoms with Crippen LogP contribution in [-0.2, 0) is 25.3 Å². The van der Waals surface area contributed by atoms with Gasteiger partial charge in [0.1, 0.15) is 5.75 Å². The van der Waals surface area contributed by atoms with Gasteiger partial charge >= 0.3 is 7.12 Å². The van der Waals surface area contributed by atoms with Crippen molar-refractivity contribution < 1.29 is 23.6 Å². The Morgan fingerprint density at radius 2 is 1.86 bits per heavy atom. The first-order valence-electron chi connectivity index (χ1n) is 16.9. The van der Waals surface area contributed by atoms with Crippen LogP contribution in [0.2, 0.25) is 0 Å². The van der Waals surface area contributed by atoms with E-state index in [1.165, 1.54) is 24.8 Å². The van der Waals surface area contributed by atoms with Gasteiger partial charge in [0.2, 0.25) is 11.8 Å². The summed E-state index contributed by atoms with van der Waals surface area (Å²) in [4.78, 5) is 27.6. The average molecular weight is 601 g/mol. The lowest BCUT2D eigenvalue weighted by Gasteiger charge is -2.55. The molecule has 3 unspecified atom stereocenters. The Bertz CT molecular complexity index is 1320. The summed E-state index contributed by atoms with van der Waals surface area (Å²) in [6.45, 7) is 6.62. The van der Waals surface area contributed by atoms with Gasteiger partial charge in [0, 0.05) is 0 Å². The normalized spacial score (nSPS) is 28.6. The number of carbonyl (C=O) groups is 2. The highest BCUT2D eigenvalue weighted by molar-refractivity contribution is 6.48. The number of rotatable bonds is 11. The van der Waals surface area contributed by atoms with Gasteiger partial charge in [-0.1, -0.05) is 63.6 Å². The third-order valence-corrected chi connectivity index (χ3v) is 10.8. The maximum atomic E-state index is 13.8. The van der Waals surface area contributed by atoms with Crippen molar-refractivity contribution >= 4 is 18.9 Å². The quantitative estimate of drug-likeness (QED) is 0.296. The third-order valence-electron chi connectivity index (χ3n) is 10.8. The van der Waals surface area contributed by atoms with Crippen LogP contribution >= 0.6 is 0 Å². The van der Waals surface area contributed by atoms with Crippen molar-refractivity contribution in [3.63, 3.8) is 0 Å². The molecule has 6 rings (SSSR count). The van der Waals surface area contributed by atoms with E-state index in [1.54, 1.807) is 7.11 Å². The highest BCUT2D eigenvalue weighted by Gasteiger charge is 2.65. The van der Waals surface area contributed by atoms with E-state index in [0.717, 1.165) is 61.3 Å². The van der Waals surface area contributed by atoms with Crippen LogP contribution in [-0.4, -0.2) is 43.7 Å². The Morgan fingerprint density at radius 3 is 2.59 bits per heavy atom. The molecule has 2 aromatic rings. The fourth-order valence-electron chi connectivity index (χ4n) is 8.31. The molecular formula is C36H49BN2O5. The molecule has 7 nitrogen and oxygen atoms in total. The maximum Gasteiger partial charge on any atom is 0.481 e. The van der Waals surface area contributed by atoms with Crippen LogP contribution in [0, 0.1) is 17.8 Å². The average Bonchev–Trinajstić information content (AvgIpc) is 3.28. The molecule has 44 heavy (non-hydrogen) atoms. The Labute approximate surface area is 263 Å². The van der Waals surface area contributed by atoms with Crippen LogP contribution in [0.4, 0.5) is 0 Å². The molecule has 7 atom stereocenters. The van der Waals surface area contributed by atoms with Gasteiger partial charge in [-0.25, -0.2) is 0 Å². The van der Waals surface area contributed by atoms with Crippen LogP contribution in [0.3, 0.4) is 0 Å². The number of carbonyl (C=O) groups excluding carboxylic acids is 2. The van der Waals surface area contributed by atoms with E-state index in [9.17, 15) is 9.59 Å². The van der Waals surface area contributed by atoms with E-state index in [-0.39, 0.29) is 41.8 Å². The van der Waals surface area contributed by atoms with Gasteiger partial charge in [-0.15, -0.1) is 0 Å². The van der Waals surface area contributed by atoms with E-state index < -0.39 is 13.2 Å². The van der Waals surface area contributed by atoms with Crippen molar-refractivity contribution in [1.82, 2.24) is 10.6 Å². The Morgan fingerprint density at radius 1 is 1.07 bits per heavy atom. The molecule has 0 bridgehead atoms. The number of methoxy groups -OCH3 is 1. The molecule has 3 fully saturated rings. The predicted molar refractivity (Wildman–Crippen MR) is 172 cm³/mol. The van der Waals surface area contributed by atoms with Crippen LogP contribution < -0.4 is 15.4 Å². The Kier molecular flexibility index (Phi) is 9.39. The predicted octanol–water partition coefficient (Wildman–Crippen LogP) is 6.31. The molecule has 2 amide bonds. The van der Waals surface area contributed by atoms with E-state index in [2.05, 4.69) is 43.5 Å². The molecule has 1 aliphatic heterocycles. The maximum absolute atomic E-state index is 13.8. The first-order valence-corrected chi connectivity index (χ1v) is 16.9. The van der Waals surface area contributed by atoms with Gasteiger partial charge in [-0.2, -0.15) is 0 Å². The number of aryl methyl sites for hydroxylation is 1. The summed E-state index contributed by atoms with van der Waals surface area (Å²) in [5, 5.41) is 6.56. The van der Waals surface area contributed by atoms with Gasteiger partial charge in [0.05, 0.1) is 43.1 Å². The number of fused-ring (bicyclic) bond motifs is 1. The summed E-state index contributed by atoms with van der Waals surface area (Å²) in [5.74, 6) is 1.83. The van der Waals surface area contributed by atoms with Gasteiger partial charge in [-0.05, 0) is 97.9 Å². The van der Waals surface area contributed by atoms with Crippen molar-refractivity contribution in [2.75, 3.05) is 7.11 Å². The summed E-state index contributed by atoms with van der Waals surface area (Å²) < 4.78 is 18.7. The van der Waals surface area contributed by atoms with E-state index in [1.807, 2.05) is 36.4 Å². The van der Waals surface area contributed by atoms with Gasteiger partial charge in [0.25, 0.3) is 0 Å². The minimum Gasteiger partial charge on any atom is -0.497 e. The minimum atomic E-state index is -0.476. The SMILES string of the molecule is CCC1CC[C@@]23OB([C@H](CC(C)C)NC(=O)CC(NC(=O)[C@H]4CCCc5ccccc54)c4ccc(OC)cc4)O[C@@H]2CC3C1. The molecule has 4 aliphatic rings. The number of benzene rings is 2. The van der Waals surface area contributed by atoms with Crippen molar-refractivity contribution in [2.24, 2.45) is 17.8 Å². The molecular weight excluding hydrogens is 551 g/mol. The first-order chi connectivity index (χ1) is 21.3. The fourth-order valence-corrected chi connectivity index (χ4v) is 8.31. The summed E-state index contributed by atoms with van der Waals surface area (Å²) in [7, 11) is 1.19. The highest BCUT2D eigenvalue weighted by Crippen LogP contribution is 2.58. The lowest BCUT2D eigenvalue weighted by molar-refractivity contribution is -0.142. The van der Waals surface area contributed by atoms with E-state index >= 15 is 0 Å². The second kappa shape index (κ2) is 13.3. The molecule has 0 radical (unpaired) electrons. The summed E-state index contributed by atoms with van der Waals surface area (Å²) in [5.41, 5.74) is 3.04. The van der Waals surface area contributed by atoms with Gasteiger partial charge in [-0.3, -0.25) is 9.59 Å². The van der Waals surface area contributed by atoms with Gasteiger partial charge < -0.3 is 24.7 Å². The molecule has 3 aliphatic carbocycles. The zero-order valence-corrected chi connectivity index (χ0v) is 26.8. The second-order valence-electron chi connectivity index (χ2n) is 14.0. The molecule has 236 valence electrons. The zero-order chi connectivity index (χ0) is 30.8. The molecule has 1 saturated heterocycles. The number of hydrogen-bond acceptors (Lipinski definition) is 5. The standard InChI is InChI=1S/C36H49BN2O5/c1-5-24-17-18-36-27(20-24)21-32(36)43-37(44-36)33(19-23(2)3)39-34(40)22-31(26-13-15-28(42-4)16-14-26)38-35(41)30-12-8-10-25-9-6-7-11-29(25)30/h6-7,9,11,13-16,23-24,27,30-33H,5,8,10,12,17-22H2,1-4H3,(H,38,41)(H,39,40)/t24?,27?,30-,31?,32+,33-,36-/m0/s1. The van der Waals surface area contributed by atoms with Crippen LogP contribution in [0.25, 0.3) is 0 Å². The van der Waals surface area contributed by atoms with E-state index in [4.69, 9.17) is 14.0 Å². The van der Waals surface area contributed by atoms with Crippen LogP contribution in [0.15, 0.2) is 48.5 Å². The molecule has 8 heteroatoms. The number of ether oxygens (including phenoxy) is 1. The third kappa shape index (κ3) is 6.30. The fraction of sp³-hybridized carbons (Fsp3) is 0.611. The lowest BCUT2D eigenvalue weighted by Crippen LogP contribution is -2.60. The van der Waals surface area contributed by atoms with E-state index in [0.29, 0.717) is 11.8 Å². The minimum absolute atomic E-state index is 0.0312. The molecule has 1 heterocycles. The number of hydrogen-bond donors (Lipinski definition) is 2. The second-order valence-corrected chi connectivity index (χ2v) is 14.0. The van der Waals surface area contributed by atoms with Crippen LogP contribution in [0.5, 0.6) is 5.75 Å². The molecule has 1 spiro atoms. The van der Waals surface area contributed by atoms with Gasteiger partial charge in [0.15, 0.2) is 0 Å². The molecule has 2 saturated carbocycles. The van der Waals surface area contributed by atoms with Crippen molar-refractivity contribution in [3.05, 3.63) is 65.2 Å². The molecule has 2 aromatic carbocycles. The smallest absolute Gasteiger partial charge is 0.481 e. The van der Waals surface area contributed by atoms with Crippen molar-refractivity contribution in [3.8, 4) is 5.75 Å². The zero-order valence-electron chi connectivity index (χ0n) is 26.8.